The lowest BCUT2D eigenvalue weighted by Gasteiger charge is -2.49. The maximum atomic E-state index is 12.6. The summed E-state index contributed by atoms with van der Waals surface area (Å²) >= 11 is 0. The third-order valence-corrected chi connectivity index (χ3v) is 9.05. The largest absolute Gasteiger partial charge is 0.508 e. The second kappa shape index (κ2) is 6.10. The molecule has 0 bridgehead atoms. The number of phenolic OH excluding ortho intramolecular Hbond substituents is 1. The summed E-state index contributed by atoms with van der Waals surface area (Å²) in [5.41, 5.74) is 2.63. The first kappa shape index (κ1) is 19.6. The van der Waals surface area contributed by atoms with Crippen molar-refractivity contribution in [1.82, 2.24) is 0 Å². The van der Waals surface area contributed by atoms with Gasteiger partial charge in [0, 0.05) is 11.8 Å². The molecule has 0 unspecified atom stereocenters. The van der Waals surface area contributed by atoms with Gasteiger partial charge in [-0.15, -0.1) is 0 Å². The molecule has 3 fully saturated rings. The Morgan fingerprint density at radius 2 is 1.69 bits per heavy atom. The quantitative estimate of drug-likeness (QED) is 0.726. The van der Waals surface area contributed by atoms with Crippen LogP contribution in [0.25, 0.3) is 0 Å². The minimum Gasteiger partial charge on any atom is -0.508 e. The maximum Gasteiger partial charge on any atom is 0.495 e. The highest BCUT2D eigenvalue weighted by Crippen LogP contribution is 2.59. The molecule has 4 atom stereocenters. The van der Waals surface area contributed by atoms with E-state index in [0.717, 1.165) is 44.0 Å². The smallest absolute Gasteiger partial charge is 0.495 e. The van der Waals surface area contributed by atoms with Gasteiger partial charge in [0.25, 0.3) is 0 Å². The number of carbonyl (C=O) groups is 1. The van der Waals surface area contributed by atoms with Crippen LogP contribution in [0.15, 0.2) is 12.1 Å². The Labute approximate surface area is 174 Å². The van der Waals surface area contributed by atoms with Crippen molar-refractivity contribution >= 4 is 18.4 Å². The average Bonchev–Trinajstić information content (AvgIpc) is 3.06. The summed E-state index contributed by atoms with van der Waals surface area (Å²) in [5, 5.41) is 10.5. The molecular weight excluding hydrogens is 363 g/mol. The molecule has 0 amide bonds. The Hall–Kier alpha value is -1.33. The van der Waals surface area contributed by atoms with Crippen LogP contribution in [0.2, 0.25) is 0 Å². The minimum absolute atomic E-state index is 0.125. The van der Waals surface area contributed by atoms with Crippen molar-refractivity contribution in [2.75, 3.05) is 0 Å². The van der Waals surface area contributed by atoms with Crippen molar-refractivity contribution in [2.45, 2.75) is 90.3 Å². The van der Waals surface area contributed by atoms with E-state index in [1.165, 1.54) is 11.1 Å². The van der Waals surface area contributed by atoms with E-state index in [1.807, 2.05) is 12.1 Å². The third-order valence-electron chi connectivity index (χ3n) is 9.05. The number of aryl methyl sites for hydroxylation is 1. The number of rotatable bonds is 1. The summed E-state index contributed by atoms with van der Waals surface area (Å²) in [6.45, 7) is 10.5. The molecule has 4 aliphatic rings. The molecule has 5 rings (SSSR count). The standard InChI is InChI=1S/C24H33BO4/c1-22(2)23(3,4)29-25(28-22)19-13-15(26)12-14-6-7-16-17(21(14)19)10-11-24(5)18(16)8-9-20(24)27/h12-13,16-18,26H,6-11H2,1-5H3/t16-,17+,18+,24+/m1/s1. The Morgan fingerprint density at radius 3 is 2.38 bits per heavy atom. The Morgan fingerprint density at radius 1 is 1.00 bits per heavy atom. The van der Waals surface area contributed by atoms with Crippen molar-refractivity contribution in [2.24, 2.45) is 17.3 Å². The average molecular weight is 396 g/mol. The number of hydrogen-bond donors (Lipinski definition) is 1. The van der Waals surface area contributed by atoms with Gasteiger partial charge >= 0.3 is 7.12 Å². The van der Waals surface area contributed by atoms with Crippen LogP contribution in [-0.2, 0) is 20.5 Å². The molecule has 1 aliphatic heterocycles. The van der Waals surface area contributed by atoms with Gasteiger partial charge in [0.15, 0.2) is 0 Å². The lowest BCUT2D eigenvalue weighted by Crippen LogP contribution is -2.46. The van der Waals surface area contributed by atoms with E-state index in [2.05, 4.69) is 34.6 Å². The van der Waals surface area contributed by atoms with Gasteiger partial charge in [0.05, 0.1) is 11.2 Å². The maximum absolute atomic E-state index is 12.6. The van der Waals surface area contributed by atoms with Crippen molar-refractivity contribution in [3.63, 3.8) is 0 Å². The molecule has 2 saturated carbocycles. The fourth-order valence-corrected chi connectivity index (χ4v) is 6.69. The first-order chi connectivity index (χ1) is 13.5. The lowest BCUT2D eigenvalue weighted by atomic mass is 9.53. The van der Waals surface area contributed by atoms with Crippen molar-refractivity contribution in [3.05, 3.63) is 23.3 Å². The summed E-state index contributed by atoms with van der Waals surface area (Å²) in [7, 11) is -0.460. The summed E-state index contributed by atoms with van der Waals surface area (Å²) in [6, 6.07) is 3.80. The van der Waals surface area contributed by atoms with E-state index in [1.54, 1.807) is 0 Å². The zero-order valence-electron chi connectivity index (χ0n) is 18.4. The van der Waals surface area contributed by atoms with Crippen LogP contribution in [0, 0.1) is 17.3 Å². The molecule has 5 heteroatoms. The van der Waals surface area contributed by atoms with Gasteiger partial charge in [0.2, 0.25) is 0 Å². The number of fused-ring (bicyclic) bond motifs is 5. The summed E-state index contributed by atoms with van der Waals surface area (Å²) in [5.74, 6) is 2.23. The fraction of sp³-hybridized carbons (Fsp3) is 0.708. The second-order valence-electron chi connectivity index (χ2n) is 11.0. The van der Waals surface area contributed by atoms with Crippen LogP contribution in [0.5, 0.6) is 5.75 Å². The molecule has 0 spiro atoms. The number of hydrogen-bond acceptors (Lipinski definition) is 4. The predicted octanol–water partition coefficient (Wildman–Crippen LogP) is 4.12. The number of phenols is 1. The van der Waals surface area contributed by atoms with E-state index in [9.17, 15) is 9.90 Å². The highest BCUT2D eigenvalue weighted by Gasteiger charge is 2.57. The van der Waals surface area contributed by atoms with Gasteiger partial charge in [-0.25, -0.2) is 0 Å². The molecule has 1 aromatic rings. The molecule has 29 heavy (non-hydrogen) atoms. The predicted molar refractivity (Wildman–Crippen MR) is 113 cm³/mol. The first-order valence-electron chi connectivity index (χ1n) is 11.3. The molecular formula is C24H33BO4. The molecule has 1 aromatic carbocycles. The highest BCUT2D eigenvalue weighted by atomic mass is 16.7. The molecule has 1 heterocycles. The topological polar surface area (TPSA) is 55.8 Å². The minimum atomic E-state index is -0.460. The van der Waals surface area contributed by atoms with Crippen LogP contribution in [0.1, 0.15) is 83.8 Å². The van der Waals surface area contributed by atoms with Gasteiger partial charge in [-0.3, -0.25) is 4.79 Å². The summed E-state index contributed by atoms with van der Waals surface area (Å²) < 4.78 is 12.8. The van der Waals surface area contributed by atoms with Gasteiger partial charge in [-0.2, -0.15) is 0 Å². The van der Waals surface area contributed by atoms with Crippen molar-refractivity contribution in [3.8, 4) is 5.75 Å². The first-order valence-corrected chi connectivity index (χ1v) is 11.3. The highest BCUT2D eigenvalue weighted by molar-refractivity contribution is 6.62. The molecule has 1 saturated heterocycles. The summed E-state index contributed by atoms with van der Waals surface area (Å²) in [6.07, 6.45) is 5.86. The van der Waals surface area contributed by atoms with Crippen molar-refractivity contribution in [1.29, 1.82) is 0 Å². The SMILES string of the molecule is CC1(C)OB(c2cc(O)cc3c2[C@H]2CC[C@]4(C)C(=O)CC[C@H]4[C@@H]2CC3)OC1(C)C. The van der Waals surface area contributed by atoms with Crippen molar-refractivity contribution < 1.29 is 19.2 Å². The monoisotopic (exact) mass is 396 g/mol. The number of ketones is 1. The number of benzene rings is 1. The number of Topliss-reactive ketones (excluding diaryl/α,β-unsaturated/α-hetero) is 1. The van der Waals surface area contributed by atoms with E-state index < -0.39 is 18.3 Å². The zero-order valence-corrected chi connectivity index (χ0v) is 18.4. The van der Waals surface area contributed by atoms with Crippen LogP contribution in [0.4, 0.5) is 0 Å². The van der Waals surface area contributed by atoms with E-state index in [4.69, 9.17) is 9.31 Å². The molecule has 156 valence electrons. The fourth-order valence-electron chi connectivity index (χ4n) is 6.69. The van der Waals surface area contributed by atoms with Crippen LogP contribution in [0.3, 0.4) is 0 Å². The van der Waals surface area contributed by atoms with Gasteiger partial charge in [-0.05, 0) is 106 Å². The Bertz CT molecular complexity index is 860. The molecule has 4 nitrogen and oxygen atoms in total. The van der Waals surface area contributed by atoms with Crippen LogP contribution < -0.4 is 5.46 Å². The van der Waals surface area contributed by atoms with E-state index >= 15 is 0 Å². The third kappa shape index (κ3) is 2.69. The second-order valence-corrected chi connectivity index (χ2v) is 11.0. The molecule has 1 N–H and O–H groups in total. The zero-order chi connectivity index (χ0) is 20.8. The van der Waals surface area contributed by atoms with Crippen LogP contribution in [-0.4, -0.2) is 29.2 Å². The molecule has 0 aromatic heterocycles. The van der Waals surface area contributed by atoms with Crippen LogP contribution >= 0.6 is 0 Å². The molecule has 0 radical (unpaired) electrons. The normalized spacial score (nSPS) is 37.2. The van der Waals surface area contributed by atoms with Gasteiger partial charge in [0.1, 0.15) is 11.5 Å². The van der Waals surface area contributed by atoms with Gasteiger partial charge in [-0.1, -0.05) is 6.92 Å². The Balaban J connectivity index is 1.57. The lowest BCUT2D eigenvalue weighted by molar-refractivity contribution is -0.129. The summed E-state index contributed by atoms with van der Waals surface area (Å²) in [4.78, 5) is 12.6. The molecule has 3 aliphatic carbocycles. The number of carbonyl (C=O) groups excluding carboxylic acids is 1. The number of aromatic hydroxyl groups is 1. The van der Waals surface area contributed by atoms with E-state index in [0.29, 0.717) is 29.3 Å². The van der Waals surface area contributed by atoms with E-state index in [-0.39, 0.29) is 5.41 Å². The Kier molecular flexibility index (Phi) is 4.13. The van der Waals surface area contributed by atoms with Gasteiger partial charge < -0.3 is 14.4 Å².